The largest absolute Gasteiger partial charge is 0.395 e. The molecule has 0 fully saturated rings. The Morgan fingerprint density at radius 1 is 1.45 bits per heavy atom. The van der Waals surface area contributed by atoms with Crippen LogP contribution in [0.1, 0.15) is 26.3 Å². The van der Waals surface area contributed by atoms with Crippen LogP contribution in [-0.2, 0) is 5.41 Å². The van der Waals surface area contributed by atoms with Crippen molar-refractivity contribution >= 4 is 17.6 Å². The molecule has 1 rings (SSSR count). The highest BCUT2D eigenvalue weighted by Gasteiger charge is 2.22. The maximum absolute atomic E-state index is 12.0. The number of nitrogens with one attached hydrogen (secondary N) is 1. The summed E-state index contributed by atoms with van der Waals surface area (Å²) in [6, 6.07) is 7.50. The van der Waals surface area contributed by atoms with Crippen LogP contribution in [0.25, 0.3) is 0 Å². The van der Waals surface area contributed by atoms with Gasteiger partial charge >= 0.3 is 6.03 Å². The van der Waals surface area contributed by atoms with E-state index in [1.54, 1.807) is 4.90 Å². The van der Waals surface area contributed by atoms with Gasteiger partial charge in [0, 0.05) is 30.1 Å². The Morgan fingerprint density at radius 2 is 2.15 bits per heavy atom. The van der Waals surface area contributed by atoms with Crippen LogP contribution in [0.4, 0.5) is 4.79 Å². The van der Waals surface area contributed by atoms with Gasteiger partial charge in [-0.15, -0.1) is 0 Å². The van der Waals surface area contributed by atoms with Crippen LogP contribution in [0.3, 0.4) is 0 Å². The van der Waals surface area contributed by atoms with Crippen molar-refractivity contribution in [1.82, 2.24) is 10.2 Å². The molecule has 1 aromatic rings. The fourth-order valence-electron chi connectivity index (χ4n) is 1.94. The van der Waals surface area contributed by atoms with Gasteiger partial charge in [0.15, 0.2) is 0 Å². The summed E-state index contributed by atoms with van der Waals surface area (Å²) < 4.78 is 0. The second-order valence-corrected chi connectivity index (χ2v) is 5.79. The van der Waals surface area contributed by atoms with E-state index in [4.69, 9.17) is 16.7 Å². The van der Waals surface area contributed by atoms with Crippen LogP contribution in [0.5, 0.6) is 0 Å². The van der Waals surface area contributed by atoms with Crippen molar-refractivity contribution in [2.45, 2.75) is 26.2 Å². The molecule has 0 saturated heterocycles. The molecule has 0 unspecified atom stereocenters. The fraction of sp³-hybridized carbons (Fsp3) is 0.533. The van der Waals surface area contributed by atoms with Crippen LogP contribution < -0.4 is 5.32 Å². The summed E-state index contributed by atoms with van der Waals surface area (Å²) in [6.07, 6.45) is 0. The van der Waals surface area contributed by atoms with Gasteiger partial charge in [-0.2, -0.15) is 0 Å². The Kier molecular flexibility index (Phi) is 6.30. The number of hydrogen-bond donors (Lipinski definition) is 2. The third-order valence-electron chi connectivity index (χ3n) is 3.33. The van der Waals surface area contributed by atoms with Gasteiger partial charge in [0.05, 0.1) is 6.61 Å². The van der Waals surface area contributed by atoms with E-state index in [1.807, 2.05) is 31.2 Å². The van der Waals surface area contributed by atoms with Crippen molar-refractivity contribution < 1.29 is 9.90 Å². The maximum atomic E-state index is 12.0. The summed E-state index contributed by atoms with van der Waals surface area (Å²) in [7, 11) is 0. The summed E-state index contributed by atoms with van der Waals surface area (Å²) >= 11 is 6.00. The Labute approximate surface area is 125 Å². The molecule has 0 bridgehead atoms. The maximum Gasteiger partial charge on any atom is 0.317 e. The van der Waals surface area contributed by atoms with Gasteiger partial charge in [-0.05, 0) is 24.6 Å². The minimum Gasteiger partial charge on any atom is -0.395 e. The number of benzene rings is 1. The van der Waals surface area contributed by atoms with Crippen molar-refractivity contribution in [2.75, 3.05) is 26.2 Å². The average molecular weight is 299 g/mol. The molecular formula is C15H23ClN2O2. The highest BCUT2D eigenvalue weighted by atomic mass is 35.5. The van der Waals surface area contributed by atoms with E-state index in [9.17, 15) is 4.79 Å². The van der Waals surface area contributed by atoms with Crippen LogP contribution in [0.15, 0.2) is 24.3 Å². The first-order valence-corrected chi connectivity index (χ1v) is 7.18. The number of halogens is 1. The minimum atomic E-state index is -0.209. The number of aliphatic hydroxyl groups is 1. The third-order valence-corrected chi connectivity index (χ3v) is 3.56. The smallest absolute Gasteiger partial charge is 0.317 e. The van der Waals surface area contributed by atoms with E-state index in [0.29, 0.717) is 24.7 Å². The number of urea groups is 1. The Balaban J connectivity index is 2.65. The molecule has 4 nitrogen and oxygen atoms in total. The average Bonchev–Trinajstić information content (AvgIpc) is 2.42. The number of carbonyl (C=O) groups excluding carboxylic acids is 1. The molecule has 0 heterocycles. The zero-order valence-electron chi connectivity index (χ0n) is 12.3. The predicted molar refractivity (Wildman–Crippen MR) is 82.2 cm³/mol. The number of hydrogen-bond acceptors (Lipinski definition) is 2. The molecule has 0 spiro atoms. The molecule has 5 heteroatoms. The summed E-state index contributed by atoms with van der Waals surface area (Å²) in [6.45, 7) is 7.40. The van der Waals surface area contributed by atoms with Gasteiger partial charge in [0.2, 0.25) is 0 Å². The first-order chi connectivity index (χ1) is 9.40. The van der Waals surface area contributed by atoms with Gasteiger partial charge in [0.1, 0.15) is 0 Å². The predicted octanol–water partition coefficient (Wildman–Crippen LogP) is 2.64. The molecule has 0 radical (unpaired) electrons. The van der Waals surface area contributed by atoms with Crippen LogP contribution in [0.2, 0.25) is 5.02 Å². The standard InChI is InChI=1S/C15H23ClN2O2/c1-4-18(8-9-19)14(20)17-11-15(2,3)12-6-5-7-13(16)10-12/h5-7,10,19H,4,8-9,11H2,1-3H3,(H,17,20). The SMILES string of the molecule is CCN(CCO)C(=O)NCC(C)(C)c1cccc(Cl)c1. The van der Waals surface area contributed by atoms with Crippen LogP contribution in [-0.4, -0.2) is 42.3 Å². The number of likely N-dealkylation sites (N-methyl/N-ethyl adjacent to an activating group) is 1. The number of rotatable bonds is 6. The first kappa shape index (κ1) is 16.8. The zero-order valence-corrected chi connectivity index (χ0v) is 13.1. The van der Waals surface area contributed by atoms with E-state index in [0.717, 1.165) is 5.56 Å². The number of carbonyl (C=O) groups is 1. The van der Waals surface area contributed by atoms with Crippen LogP contribution in [0, 0.1) is 0 Å². The summed E-state index contributed by atoms with van der Waals surface area (Å²) in [5.41, 5.74) is 0.870. The second kappa shape index (κ2) is 7.50. The minimum absolute atomic E-state index is 0.0288. The van der Waals surface area contributed by atoms with Crippen molar-refractivity contribution in [3.63, 3.8) is 0 Å². The quantitative estimate of drug-likeness (QED) is 0.848. The molecule has 0 aliphatic carbocycles. The second-order valence-electron chi connectivity index (χ2n) is 5.36. The first-order valence-electron chi connectivity index (χ1n) is 6.80. The highest BCUT2D eigenvalue weighted by Crippen LogP contribution is 2.24. The Hall–Kier alpha value is -1.26. The molecule has 20 heavy (non-hydrogen) atoms. The molecule has 112 valence electrons. The normalized spacial score (nSPS) is 11.2. The van der Waals surface area contributed by atoms with Gasteiger partial charge in [-0.25, -0.2) is 4.79 Å². The number of nitrogens with zero attached hydrogens (tertiary/aromatic N) is 1. The van der Waals surface area contributed by atoms with Gasteiger partial charge in [0.25, 0.3) is 0 Å². The third kappa shape index (κ3) is 4.69. The number of aliphatic hydroxyl groups excluding tert-OH is 1. The Morgan fingerprint density at radius 3 is 2.70 bits per heavy atom. The monoisotopic (exact) mass is 298 g/mol. The van der Waals surface area contributed by atoms with Gasteiger partial charge in [-0.1, -0.05) is 37.6 Å². The molecule has 1 aromatic carbocycles. The van der Waals surface area contributed by atoms with Crippen molar-refractivity contribution in [3.05, 3.63) is 34.9 Å². The summed E-state index contributed by atoms with van der Waals surface area (Å²) in [4.78, 5) is 13.6. The summed E-state index contributed by atoms with van der Waals surface area (Å²) in [5.74, 6) is 0. The lowest BCUT2D eigenvalue weighted by Crippen LogP contribution is -2.45. The molecule has 0 aromatic heterocycles. The van der Waals surface area contributed by atoms with E-state index >= 15 is 0 Å². The molecule has 0 atom stereocenters. The fourth-order valence-corrected chi connectivity index (χ4v) is 2.13. The van der Waals surface area contributed by atoms with Gasteiger partial charge in [-0.3, -0.25) is 0 Å². The lowest BCUT2D eigenvalue weighted by molar-refractivity contribution is 0.178. The van der Waals surface area contributed by atoms with Crippen molar-refractivity contribution in [1.29, 1.82) is 0 Å². The van der Waals surface area contributed by atoms with Gasteiger partial charge < -0.3 is 15.3 Å². The molecule has 2 N–H and O–H groups in total. The Bertz CT molecular complexity index is 449. The lowest BCUT2D eigenvalue weighted by atomic mass is 9.84. The molecule has 2 amide bonds. The van der Waals surface area contributed by atoms with Crippen LogP contribution >= 0.6 is 11.6 Å². The van der Waals surface area contributed by atoms with E-state index in [1.165, 1.54) is 0 Å². The topological polar surface area (TPSA) is 52.6 Å². The van der Waals surface area contributed by atoms with E-state index in [2.05, 4.69) is 19.2 Å². The summed E-state index contributed by atoms with van der Waals surface area (Å²) in [5, 5.41) is 12.5. The highest BCUT2D eigenvalue weighted by molar-refractivity contribution is 6.30. The lowest BCUT2D eigenvalue weighted by Gasteiger charge is -2.28. The molecule has 0 aliphatic heterocycles. The van der Waals surface area contributed by atoms with Crippen molar-refractivity contribution in [2.24, 2.45) is 0 Å². The van der Waals surface area contributed by atoms with E-state index in [-0.39, 0.29) is 18.1 Å². The number of amides is 2. The zero-order chi connectivity index (χ0) is 15.2. The van der Waals surface area contributed by atoms with Crippen molar-refractivity contribution in [3.8, 4) is 0 Å². The molecular weight excluding hydrogens is 276 g/mol. The molecule has 0 saturated carbocycles. The van der Waals surface area contributed by atoms with E-state index < -0.39 is 0 Å². The molecule has 0 aliphatic rings.